The van der Waals surface area contributed by atoms with E-state index in [9.17, 15) is 14.5 Å². The van der Waals surface area contributed by atoms with Gasteiger partial charge in [-0.15, -0.1) is 0 Å². The van der Waals surface area contributed by atoms with E-state index in [1.165, 1.54) is 12.1 Å². The van der Waals surface area contributed by atoms with Crippen molar-refractivity contribution in [2.75, 3.05) is 0 Å². The Bertz CT molecular complexity index is 396. The quantitative estimate of drug-likeness (QED) is 0.482. The van der Waals surface area contributed by atoms with Crippen molar-refractivity contribution in [3.8, 4) is 0 Å². The molecule has 0 aliphatic heterocycles. The molecule has 2 unspecified atom stereocenters. The van der Waals surface area contributed by atoms with Gasteiger partial charge in [-0.05, 0) is 24.0 Å². The maximum absolute atomic E-state index is 13.3. The summed E-state index contributed by atoms with van der Waals surface area (Å²) in [6.07, 6.45) is 0.696. The van der Waals surface area contributed by atoms with Crippen molar-refractivity contribution in [3.63, 3.8) is 0 Å². The number of hydrogen-bond donors (Lipinski definition) is 0. The Labute approximate surface area is 102 Å². The zero-order chi connectivity index (χ0) is 12.3. The fourth-order valence-electron chi connectivity index (χ4n) is 1.36. The Morgan fingerprint density at radius 2 is 2.12 bits per heavy atom. The summed E-state index contributed by atoms with van der Waals surface area (Å²) in [5.41, 5.74) is 0.310. The summed E-state index contributed by atoms with van der Waals surface area (Å²) in [5.74, 6) is -0.419. The van der Waals surface area contributed by atoms with Crippen molar-refractivity contribution in [2.45, 2.75) is 25.1 Å². The van der Waals surface area contributed by atoms with Gasteiger partial charge in [-0.25, -0.2) is 0 Å². The monoisotopic (exact) mass is 289 g/mol. The number of alkyl halides is 1. The number of benzene rings is 1. The molecule has 0 fully saturated rings. The number of nitro groups is 1. The molecule has 0 N–H and O–H groups in total. The second-order valence-electron chi connectivity index (χ2n) is 3.90. The summed E-state index contributed by atoms with van der Waals surface area (Å²) in [4.78, 5) is 10.0. The van der Waals surface area contributed by atoms with Crippen LogP contribution in [0.1, 0.15) is 19.4 Å². The van der Waals surface area contributed by atoms with Gasteiger partial charge in [0, 0.05) is 10.9 Å². The predicted octanol–water partition coefficient (Wildman–Crippen LogP) is 3.70. The van der Waals surface area contributed by atoms with E-state index in [1.807, 2.05) is 13.8 Å². The summed E-state index contributed by atoms with van der Waals surface area (Å²) in [6.45, 7) is 4.06. The first kappa shape index (κ1) is 13.1. The van der Waals surface area contributed by atoms with Crippen LogP contribution in [0.5, 0.6) is 0 Å². The summed E-state index contributed by atoms with van der Waals surface area (Å²) < 4.78 is 13.3. The third-order valence-electron chi connectivity index (χ3n) is 2.55. The summed E-state index contributed by atoms with van der Waals surface area (Å²) in [6, 6.07) is 4.06. The fraction of sp³-hybridized carbons (Fsp3) is 0.455. The number of halogens is 2. The molecule has 0 amide bonds. The molecule has 1 aromatic rings. The summed E-state index contributed by atoms with van der Waals surface area (Å²) in [5, 5.41) is 10.4. The number of nitro benzene ring substituents is 1. The van der Waals surface area contributed by atoms with Crippen LogP contribution in [0.2, 0.25) is 0 Å². The van der Waals surface area contributed by atoms with Gasteiger partial charge >= 0.3 is 5.69 Å². The zero-order valence-corrected chi connectivity index (χ0v) is 10.7. The second-order valence-corrected chi connectivity index (χ2v) is 5.35. The SMILES string of the molecule is CC(Br)C(C)Cc1ccc([N+](=O)[O-])c(F)c1. The first-order chi connectivity index (χ1) is 7.41. The van der Waals surface area contributed by atoms with Gasteiger partial charge in [-0.1, -0.05) is 35.8 Å². The molecule has 0 heterocycles. The lowest BCUT2D eigenvalue weighted by Gasteiger charge is -2.13. The third-order valence-corrected chi connectivity index (χ3v) is 3.45. The molecule has 0 aliphatic rings. The van der Waals surface area contributed by atoms with Crippen LogP contribution in [0, 0.1) is 21.8 Å². The van der Waals surface area contributed by atoms with E-state index < -0.39 is 16.4 Å². The maximum Gasteiger partial charge on any atom is 0.304 e. The first-order valence-corrected chi connectivity index (χ1v) is 5.90. The van der Waals surface area contributed by atoms with E-state index in [4.69, 9.17) is 0 Å². The van der Waals surface area contributed by atoms with Gasteiger partial charge in [0.15, 0.2) is 0 Å². The van der Waals surface area contributed by atoms with Crippen molar-refractivity contribution in [1.29, 1.82) is 0 Å². The van der Waals surface area contributed by atoms with Gasteiger partial charge in [-0.2, -0.15) is 4.39 Å². The molecule has 2 atom stereocenters. The molecule has 0 bridgehead atoms. The van der Waals surface area contributed by atoms with E-state index in [-0.39, 0.29) is 0 Å². The van der Waals surface area contributed by atoms with Crippen LogP contribution in [-0.4, -0.2) is 9.75 Å². The molecule has 0 saturated carbocycles. The fourth-order valence-corrected chi connectivity index (χ4v) is 1.55. The normalized spacial score (nSPS) is 14.5. The highest BCUT2D eigenvalue weighted by Gasteiger charge is 2.15. The minimum absolute atomic E-state index is 0.325. The van der Waals surface area contributed by atoms with Crippen LogP contribution in [0.3, 0.4) is 0 Å². The van der Waals surface area contributed by atoms with E-state index in [2.05, 4.69) is 15.9 Å². The summed E-state index contributed by atoms with van der Waals surface area (Å²) in [7, 11) is 0. The van der Waals surface area contributed by atoms with Crippen LogP contribution < -0.4 is 0 Å². The largest absolute Gasteiger partial charge is 0.304 e. The van der Waals surface area contributed by atoms with Crippen molar-refractivity contribution in [2.24, 2.45) is 5.92 Å². The lowest BCUT2D eigenvalue weighted by Crippen LogP contribution is -2.10. The maximum atomic E-state index is 13.3. The van der Waals surface area contributed by atoms with Gasteiger partial charge in [0.25, 0.3) is 0 Å². The first-order valence-electron chi connectivity index (χ1n) is 4.98. The molecule has 0 aliphatic carbocycles. The molecule has 0 spiro atoms. The van der Waals surface area contributed by atoms with Crippen molar-refractivity contribution in [1.82, 2.24) is 0 Å². The molecule has 0 saturated heterocycles. The Hall–Kier alpha value is -0.970. The average Bonchev–Trinajstić information content (AvgIpc) is 2.16. The van der Waals surface area contributed by atoms with Crippen molar-refractivity contribution >= 4 is 21.6 Å². The topological polar surface area (TPSA) is 43.1 Å². The Kier molecular flexibility index (Phi) is 4.41. The zero-order valence-electron chi connectivity index (χ0n) is 9.11. The number of hydrogen-bond acceptors (Lipinski definition) is 2. The number of rotatable bonds is 4. The van der Waals surface area contributed by atoms with Crippen LogP contribution in [0.15, 0.2) is 18.2 Å². The van der Waals surface area contributed by atoms with E-state index >= 15 is 0 Å². The Morgan fingerprint density at radius 1 is 1.50 bits per heavy atom. The minimum Gasteiger partial charge on any atom is -0.258 e. The molecule has 1 aromatic carbocycles. The van der Waals surface area contributed by atoms with E-state index in [0.717, 1.165) is 5.56 Å². The highest BCUT2D eigenvalue weighted by molar-refractivity contribution is 9.09. The lowest BCUT2D eigenvalue weighted by molar-refractivity contribution is -0.387. The molecule has 5 heteroatoms. The lowest BCUT2D eigenvalue weighted by atomic mass is 9.98. The van der Waals surface area contributed by atoms with Gasteiger partial charge in [0.2, 0.25) is 5.82 Å². The molecule has 88 valence electrons. The van der Waals surface area contributed by atoms with Crippen LogP contribution in [-0.2, 0) is 6.42 Å². The summed E-state index contributed by atoms with van der Waals surface area (Å²) >= 11 is 3.45. The highest BCUT2D eigenvalue weighted by Crippen LogP contribution is 2.22. The van der Waals surface area contributed by atoms with E-state index in [0.29, 0.717) is 17.2 Å². The Balaban J connectivity index is 2.85. The van der Waals surface area contributed by atoms with Crippen molar-refractivity contribution in [3.05, 3.63) is 39.7 Å². The molecule has 3 nitrogen and oxygen atoms in total. The molecular formula is C11H13BrFNO2. The standard InChI is InChI=1S/C11H13BrFNO2/c1-7(8(2)12)5-9-3-4-11(14(15)16)10(13)6-9/h3-4,6-8H,5H2,1-2H3. The number of nitrogens with zero attached hydrogens (tertiary/aromatic N) is 1. The molecule has 0 aromatic heterocycles. The van der Waals surface area contributed by atoms with E-state index in [1.54, 1.807) is 6.07 Å². The average molecular weight is 290 g/mol. The van der Waals surface area contributed by atoms with Gasteiger partial charge in [0.1, 0.15) is 0 Å². The smallest absolute Gasteiger partial charge is 0.258 e. The van der Waals surface area contributed by atoms with Gasteiger partial charge in [0.05, 0.1) is 4.92 Å². The molecular weight excluding hydrogens is 277 g/mol. The second kappa shape index (κ2) is 5.39. The van der Waals surface area contributed by atoms with Crippen LogP contribution in [0.25, 0.3) is 0 Å². The highest BCUT2D eigenvalue weighted by atomic mass is 79.9. The van der Waals surface area contributed by atoms with Gasteiger partial charge in [-0.3, -0.25) is 10.1 Å². The minimum atomic E-state index is -0.767. The molecule has 16 heavy (non-hydrogen) atoms. The Morgan fingerprint density at radius 3 is 2.56 bits per heavy atom. The van der Waals surface area contributed by atoms with Crippen molar-refractivity contribution < 1.29 is 9.31 Å². The third kappa shape index (κ3) is 3.27. The predicted molar refractivity (Wildman–Crippen MR) is 64.3 cm³/mol. The van der Waals surface area contributed by atoms with Crippen LogP contribution in [0.4, 0.5) is 10.1 Å². The van der Waals surface area contributed by atoms with Gasteiger partial charge < -0.3 is 0 Å². The molecule has 0 radical (unpaired) electrons. The van der Waals surface area contributed by atoms with Crippen LogP contribution >= 0.6 is 15.9 Å². The molecule has 1 rings (SSSR count).